The SMILES string of the molecule is O=C(CCS(=O)(=O)c1ccccc1)N1CCC[C@H](c2ccncn2)C1. The normalized spacial score (nSPS) is 18.1. The van der Waals surface area contributed by atoms with Crippen LogP contribution in [0.5, 0.6) is 0 Å². The molecule has 1 aliphatic rings. The summed E-state index contributed by atoms with van der Waals surface area (Å²) >= 11 is 0. The van der Waals surface area contributed by atoms with E-state index >= 15 is 0 Å². The molecule has 132 valence electrons. The van der Waals surface area contributed by atoms with E-state index in [-0.39, 0.29) is 28.9 Å². The lowest BCUT2D eigenvalue weighted by atomic mass is 9.94. The molecule has 0 N–H and O–H groups in total. The van der Waals surface area contributed by atoms with Gasteiger partial charge in [0.25, 0.3) is 0 Å². The van der Waals surface area contributed by atoms with Gasteiger partial charge in [-0.1, -0.05) is 18.2 Å². The summed E-state index contributed by atoms with van der Waals surface area (Å²) in [7, 11) is -3.43. The molecule has 1 fully saturated rings. The van der Waals surface area contributed by atoms with Crippen molar-refractivity contribution in [2.45, 2.75) is 30.1 Å². The van der Waals surface area contributed by atoms with Crippen LogP contribution in [0.25, 0.3) is 0 Å². The maximum Gasteiger partial charge on any atom is 0.223 e. The topological polar surface area (TPSA) is 80.2 Å². The predicted molar refractivity (Wildman–Crippen MR) is 93.7 cm³/mol. The van der Waals surface area contributed by atoms with Crippen LogP contribution in [-0.4, -0.2) is 48.0 Å². The highest BCUT2D eigenvalue weighted by atomic mass is 32.2. The first kappa shape index (κ1) is 17.5. The standard InChI is InChI=1S/C18H21N3O3S/c22-18(9-12-25(23,24)16-6-2-1-3-7-16)21-11-4-5-15(13-21)17-8-10-19-14-20-17/h1-3,6-8,10,14-15H,4-5,9,11-13H2/t15-/m0/s1. The van der Waals surface area contributed by atoms with Crippen LogP contribution in [0.1, 0.15) is 30.9 Å². The zero-order valence-electron chi connectivity index (χ0n) is 13.9. The number of carbonyl (C=O) groups excluding carboxylic acids is 1. The fourth-order valence-corrected chi connectivity index (χ4v) is 4.36. The van der Waals surface area contributed by atoms with Crippen LogP contribution >= 0.6 is 0 Å². The van der Waals surface area contributed by atoms with Gasteiger partial charge in [-0.15, -0.1) is 0 Å². The maximum absolute atomic E-state index is 12.5. The zero-order valence-corrected chi connectivity index (χ0v) is 14.7. The molecule has 1 aromatic heterocycles. The summed E-state index contributed by atoms with van der Waals surface area (Å²) in [5.41, 5.74) is 0.935. The number of likely N-dealkylation sites (tertiary alicyclic amines) is 1. The number of amides is 1. The highest BCUT2D eigenvalue weighted by Crippen LogP contribution is 2.25. The maximum atomic E-state index is 12.5. The Morgan fingerprint density at radius 1 is 1.20 bits per heavy atom. The third-order valence-corrected chi connectivity index (χ3v) is 6.22. The number of rotatable bonds is 5. The van der Waals surface area contributed by atoms with E-state index in [1.165, 1.54) is 6.33 Å². The smallest absolute Gasteiger partial charge is 0.223 e. The monoisotopic (exact) mass is 359 g/mol. The van der Waals surface area contributed by atoms with Gasteiger partial charge in [0, 0.05) is 37.3 Å². The van der Waals surface area contributed by atoms with Crippen molar-refractivity contribution in [2.75, 3.05) is 18.8 Å². The second-order valence-corrected chi connectivity index (χ2v) is 8.30. The van der Waals surface area contributed by atoms with Crippen LogP contribution in [0.3, 0.4) is 0 Å². The average Bonchev–Trinajstić information content (AvgIpc) is 2.68. The van der Waals surface area contributed by atoms with Crippen molar-refractivity contribution in [3.8, 4) is 0 Å². The van der Waals surface area contributed by atoms with Crippen molar-refractivity contribution < 1.29 is 13.2 Å². The van der Waals surface area contributed by atoms with Crippen molar-refractivity contribution in [3.63, 3.8) is 0 Å². The summed E-state index contributed by atoms with van der Waals surface area (Å²) < 4.78 is 24.6. The Balaban J connectivity index is 1.60. The van der Waals surface area contributed by atoms with E-state index in [0.717, 1.165) is 18.5 Å². The Bertz CT molecular complexity index is 810. The minimum atomic E-state index is -3.43. The minimum absolute atomic E-state index is 0.00766. The van der Waals surface area contributed by atoms with Crippen molar-refractivity contribution >= 4 is 15.7 Å². The van der Waals surface area contributed by atoms with E-state index in [9.17, 15) is 13.2 Å². The number of benzene rings is 1. The van der Waals surface area contributed by atoms with E-state index < -0.39 is 9.84 Å². The van der Waals surface area contributed by atoms with Gasteiger partial charge < -0.3 is 4.90 Å². The molecular formula is C18H21N3O3S. The quantitative estimate of drug-likeness (QED) is 0.816. The molecule has 2 aromatic rings. The first-order valence-electron chi connectivity index (χ1n) is 8.38. The number of aromatic nitrogens is 2. The highest BCUT2D eigenvalue weighted by molar-refractivity contribution is 7.91. The van der Waals surface area contributed by atoms with Crippen LogP contribution in [0.4, 0.5) is 0 Å². The van der Waals surface area contributed by atoms with Gasteiger partial charge >= 0.3 is 0 Å². The van der Waals surface area contributed by atoms with E-state index in [2.05, 4.69) is 9.97 Å². The van der Waals surface area contributed by atoms with Gasteiger partial charge in [0.2, 0.25) is 5.91 Å². The molecule has 0 aliphatic carbocycles. The van der Waals surface area contributed by atoms with Gasteiger partial charge in [0.05, 0.1) is 10.6 Å². The van der Waals surface area contributed by atoms with Crippen LogP contribution in [0.2, 0.25) is 0 Å². The second-order valence-electron chi connectivity index (χ2n) is 6.20. The molecule has 0 radical (unpaired) electrons. The number of carbonyl (C=O) groups is 1. The molecule has 1 aliphatic heterocycles. The summed E-state index contributed by atoms with van der Waals surface area (Å²) in [5, 5.41) is 0. The lowest BCUT2D eigenvalue weighted by Crippen LogP contribution is -2.39. The first-order valence-corrected chi connectivity index (χ1v) is 10.0. The Kier molecular flexibility index (Phi) is 5.43. The molecule has 1 amide bonds. The van der Waals surface area contributed by atoms with Gasteiger partial charge in [-0.2, -0.15) is 0 Å². The molecule has 0 spiro atoms. The predicted octanol–water partition coefficient (Wildman–Crippen LogP) is 2.05. The third kappa shape index (κ3) is 4.42. The van der Waals surface area contributed by atoms with Crippen molar-refractivity contribution in [2.24, 2.45) is 0 Å². The molecule has 1 saturated heterocycles. The Morgan fingerprint density at radius 3 is 2.72 bits per heavy atom. The molecule has 3 rings (SSSR count). The Hall–Kier alpha value is -2.28. The molecule has 2 heterocycles. The summed E-state index contributed by atoms with van der Waals surface area (Å²) in [6, 6.07) is 10.1. The third-order valence-electron chi connectivity index (χ3n) is 4.48. The van der Waals surface area contributed by atoms with Crippen LogP contribution < -0.4 is 0 Å². The number of sulfone groups is 1. The van der Waals surface area contributed by atoms with E-state index in [1.807, 2.05) is 6.07 Å². The number of piperidine rings is 1. The molecular weight excluding hydrogens is 338 g/mol. The van der Waals surface area contributed by atoms with Gasteiger partial charge in [-0.3, -0.25) is 4.79 Å². The van der Waals surface area contributed by atoms with E-state index in [0.29, 0.717) is 13.1 Å². The van der Waals surface area contributed by atoms with Crippen molar-refractivity contribution in [1.82, 2.24) is 14.9 Å². The van der Waals surface area contributed by atoms with Crippen LogP contribution in [0.15, 0.2) is 53.8 Å². The number of nitrogens with zero attached hydrogens (tertiary/aromatic N) is 3. The summed E-state index contributed by atoms with van der Waals surface area (Å²) in [6.45, 7) is 1.26. The lowest BCUT2D eigenvalue weighted by molar-refractivity contribution is -0.132. The molecule has 7 heteroatoms. The zero-order chi connectivity index (χ0) is 17.7. The van der Waals surface area contributed by atoms with Crippen molar-refractivity contribution in [1.29, 1.82) is 0 Å². The molecule has 0 saturated carbocycles. The van der Waals surface area contributed by atoms with Crippen LogP contribution in [-0.2, 0) is 14.6 Å². The fourth-order valence-electron chi connectivity index (χ4n) is 3.11. The van der Waals surface area contributed by atoms with Gasteiger partial charge in [-0.05, 0) is 31.0 Å². The van der Waals surface area contributed by atoms with Gasteiger partial charge in [-0.25, -0.2) is 18.4 Å². The summed E-state index contributed by atoms with van der Waals surface area (Å²) in [6.07, 6.45) is 5.10. The van der Waals surface area contributed by atoms with Crippen molar-refractivity contribution in [3.05, 3.63) is 54.6 Å². The van der Waals surface area contributed by atoms with Crippen LogP contribution in [0, 0.1) is 0 Å². The average molecular weight is 359 g/mol. The van der Waals surface area contributed by atoms with E-state index in [1.54, 1.807) is 41.4 Å². The van der Waals surface area contributed by atoms with E-state index in [4.69, 9.17) is 0 Å². The molecule has 6 nitrogen and oxygen atoms in total. The van der Waals surface area contributed by atoms with Gasteiger partial charge in [0.15, 0.2) is 9.84 Å². The second kappa shape index (κ2) is 7.74. The summed E-state index contributed by atoms with van der Waals surface area (Å²) in [4.78, 5) is 22.7. The largest absolute Gasteiger partial charge is 0.342 e. The molecule has 0 bridgehead atoms. The Labute approximate surface area is 147 Å². The number of hydrogen-bond donors (Lipinski definition) is 0. The first-order chi connectivity index (χ1) is 12.1. The lowest BCUT2D eigenvalue weighted by Gasteiger charge is -2.32. The minimum Gasteiger partial charge on any atom is -0.342 e. The Morgan fingerprint density at radius 2 is 2.00 bits per heavy atom. The molecule has 1 atom stereocenters. The van der Waals surface area contributed by atoms with Gasteiger partial charge in [0.1, 0.15) is 6.33 Å². The molecule has 25 heavy (non-hydrogen) atoms. The molecule has 0 unspecified atom stereocenters. The number of hydrogen-bond acceptors (Lipinski definition) is 5. The highest BCUT2D eigenvalue weighted by Gasteiger charge is 2.26. The molecule has 1 aromatic carbocycles. The summed E-state index contributed by atoms with van der Waals surface area (Å²) in [5.74, 6) is -0.0884. The fraction of sp³-hybridized carbons (Fsp3) is 0.389.